The van der Waals surface area contributed by atoms with Crippen molar-refractivity contribution in [3.63, 3.8) is 0 Å². The highest BCUT2D eigenvalue weighted by molar-refractivity contribution is 5.94. The number of benzene rings is 3. The summed E-state index contributed by atoms with van der Waals surface area (Å²) < 4.78 is 21.3. The van der Waals surface area contributed by atoms with Gasteiger partial charge in [0.2, 0.25) is 6.79 Å². The molecule has 1 amide bonds. The summed E-state index contributed by atoms with van der Waals surface area (Å²) in [5.41, 5.74) is 2.77. The third-order valence-electron chi connectivity index (χ3n) is 5.25. The highest BCUT2D eigenvalue weighted by atomic mass is 16.7. The summed E-state index contributed by atoms with van der Waals surface area (Å²) in [7, 11) is 3.25. The second-order valence-electron chi connectivity index (χ2n) is 7.34. The minimum Gasteiger partial charge on any atom is -0.497 e. The molecule has 0 saturated heterocycles. The minimum atomic E-state index is -0.123. The zero-order valence-corrected chi connectivity index (χ0v) is 17.6. The molecule has 3 aromatic rings. The number of amides is 1. The van der Waals surface area contributed by atoms with Crippen molar-refractivity contribution in [2.75, 3.05) is 21.0 Å². The molecular formula is C25H25NO5. The van der Waals surface area contributed by atoms with E-state index >= 15 is 0 Å². The van der Waals surface area contributed by atoms with Crippen molar-refractivity contribution in [2.24, 2.45) is 0 Å². The number of nitrogens with one attached hydrogen (secondary N) is 1. The van der Waals surface area contributed by atoms with Gasteiger partial charge in [0.25, 0.3) is 5.91 Å². The molecule has 6 heteroatoms. The average molecular weight is 419 g/mol. The minimum absolute atomic E-state index is 0.108. The van der Waals surface area contributed by atoms with E-state index in [0.29, 0.717) is 24.2 Å². The predicted octanol–water partition coefficient (Wildman–Crippen LogP) is 4.02. The van der Waals surface area contributed by atoms with Crippen molar-refractivity contribution in [3.05, 3.63) is 83.4 Å². The van der Waals surface area contributed by atoms with Gasteiger partial charge in [-0.2, -0.15) is 0 Å². The van der Waals surface area contributed by atoms with E-state index in [0.717, 1.165) is 28.4 Å². The maximum Gasteiger partial charge on any atom is 0.251 e. The molecule has 6 nitrogen and oxygen atoms in total. The van der Waals surface area contributed by atoms with E-state index in [2.05, 4.69) is 5.32 Å². The molecule has 160 valence electrons. The van der Waals surface area contributed by atoms with Gasteiger partial charge in [-0.05, 0) is 72.5 Å². The molecule has 1 heterocycles. The highest BCUT2D eigenvalue weighted by Gasteiger charge is 2.18. The quantitative estimate of drug-likeness (QED) is 0.598. The molecule has 1 aliphatic heterocycles. The van der Waals surface area contributed by atoms with E-state index in [1.54, 1.807) is 38.5 Å². The van der Waals surface area contributed by atoms with Gasteiger partial charge in [-0.1, -0.05) is 18.2 Å². The van der Waals surface area contributed by atoms with Crippen LogP contribution in [-0.2, 0) is 12.8 Å². The van der Waals surface area contributed by atoms with Crippen LogP contribution in [0.25, 0.3) is 0 Å². The van der Waals surface area contributed by atoms with Crippen molar-refractivity contribution in [3.8, 4) is 23.0 Å². The smallest absolute Gasteiger partial charge is 0.251 e. The van der Waals surface area contributed by atoms with E-state index in [-0.39, 0.29) is 18.7 Å². The lowest BCUT2D eigenvalue weighted by molar-refractivity contribution is 0.0936. The van der Waals surface area contributed by atoms with Crippen LogP contribution in [0.4, 0.5) is 0 Å². The Labute approximate surface area is 181 Å². The van der Waals surface area contributed by atoms with Crippen LogP contribution in [0.15, 0.2) is 66.7 Å². The normalized spacial score (nSPS) is 12.8. The summed E-state index contributed by atoms with van der Waals surface area (Å²) in [6.45, 7) is 0.238. The van der Waals surface area contributed by atoms with Crippen LogP contribution in [0.3, 0.4) is 0 Å². The molecule has 1 N–H and O–H groups in total. The summed E-state index contributed by atoms with van der Waals surface area (Å²) >= 11 is 0. The monoisotopic (exact) mass is 419 g/mol. The number of hydrogen-bond donors (Lipinski definition) is 1. The van der Waals surface area contributed by atoms with Crippen molar-refractivity contribution in [2.45, 2.75) is 18.9 Å². The summed E-state index contributed by atoms with van der Waals surface area (Å²) in [4.78, 5) is 12.9. The number of ether oxygens (including phenoxy) is 4. The third-order valence-corrected chi connectivity index (χ3v) is 5.25. The zero-order valence-electron chi connectivity index (χ0n) is 17.6. The molecule has 0 spiro atoms. The van der Waals surface area contributed by atoms with Crippen LogP contribution in [-0.4, -0.2) is 33.0 Å². The maximum absolute atomic E-state index is 12.9. The largest absolute Gasteiger partial charge is 0.497 e. The first kappa shape index (κ1) is 20.6. The molecule has 0 fully saturated rings. The fourth-order valence-electron chi connectivity index (χ4n) is 3.58. The van der Waals surface area contributed by atoms with Gasteiger partial charge in [-0.15, -0.1) is 0 Å². The van der Waals surface area contributed by atoms with E-state index in [9.17, 15) is 4.79 Å². The van der Waals surface area contributed by atoms with Crippen LogP contribution in [0, 0.1) is 0 Å². The highest BCUT2D eigenvalue weighted by Crippen LogP contribution is 2.33. The van der Waals surface area contributed by atoms with E-state index in [4.69, 9.17) is 18.9 Å². The van der Waals surface area contributed by atoms with Gasteiger partial charge in [-0.3, -0.25) is 4.79 Å². The number of carbonyl (C=O) groups excluding carboxylic acids is 1. The van der Waals surface area contributed by atoms with Gasteiger partial charge in [0.05, 0.1) is 14.2 Å². The number of methoxy groups -OCH3 is 2. The first-order valence-electron chi connectivity index (χ1n) is 10.1. The number of hydrogen-bond acceptors (Lipinski definition) is 5. The summed E-state index contributed by atoms with van der Waals surface area (Å²) in [6, 6.07) is 20.8. The van der Waals surface area contributed by atoms with Crippen molar-refractivity contribution >= 4 is 5.91 Å². The standard InChI is InChI=1S/C25H25NO5/c1-28-21-8-3-17(4-9-21)13-20(14-18-5-12-23-24(15-18)31-16-30-23)26-25(27)19-6-10-22(29-2)11-7-19/h3-12,15,20H,13-14,16H2,1-2H3,(H,26,27). The molecule has 0 aromatic heterocycles. The van der Waals surface area contributed by atoms with Gasteiger partial charge in [0.15, 0.2) is 11.5 Å². The van der Waals surface area contributed by atoms with Crippen LogP contribution in [0.1, 0.15) is 21.5 Å². The summed E-state index contributed by atoms with van der Waals surface area (Å²) in [5, 5.41) is 3.18. The number of fused-ring (bicyclic) bond motifs is 1. The first-order valence-corrected chi connectivity index (χ1v) is 10.1. The molecule has 0 aliphatic carbocycles. The Hall–Kier alpha value is -3.67. The van der Waals surface area contributed by atoms with Gasteiger partial charge in [-0.25, -0.2) is 0 Å². The van der Waals surface area contributed by atoms with Crippen LogP contribution in [0.2, 0.25) is 0 Å². The summed E-state index contributed by atoms with van der Waals surface area (Å²) in [5.74, 6) is 2.88. The molecule has 1 aliphatic rings. The van der Waals surface area contributed by atoms with Gasteiger partial charge in [0.1, 0.15) is 11.5 Å². The lowest BCUT2D eigenvalue weighted by atomic mass is 9.98. The Bertz CT molecular complexity index is 1030. The van der Waals surface area contributed by atoms with Crippen LogP contribution >= 0.6 is 0 Å². The Morgan fingerprint density at radius 2 is 1.42 bits per heavy atom. The van der Waals surface area contributed by atoms with E-state index in [1.165, 1.54) is 0 Å². The SMILES string of the molecule is COc1ccc(CC(Cc2ccc3c(c2)OCO3)NC(=O)c2ccc(OC)cc2)cc1. The molecule has 3 aromatic carbocycles. The fourth-order valence-corrected chi connectivity index (χ4v) is 3.58. The third kappa shape index (κ3) is 5.09. The van der Waals surface area contributed by atoms with Crippen molar-refractivity contribution in [1.29, 1.82) is 0 Å². The van der Waals surface area contributed by atoms with E-state index < -0.39 is 0 Å². The van der Waals surface area contributed by atoms with Gasteiger partial charge >= 0.3 is 0 Å². The lowest BCUT2D eigenvalue weighted by Crippen LogP contribution is -2.38. The Morgan fingerprint density at radius 3 is 2.10 bits per heavy atom. The maximum atomic E-state index is 12.9. The van der Waals surface area contributed by atoms with Crippen molar-refractivity contribution < 1.29 is 23.7 Å². The Morgan fingerprint density at radius 1 is 0.839 bits per heavy atom. The molecular weight excluding hydrogens is 394 g/mol. The zero-order chi connectivity index (χ0) is 21.6. The topological polar surface area (TPSA) is 66.0 Å². The fraction of sp³-hybridized carbons (Fsp3) is 0.240. The first-order chi connectivity index (χ1) is 15.1. The average Bonchev–Trinajstić information content (AvgIpc) is 3.27. The van der Waals surface area contributed by atoms with Crippen LogP contribution < -0.4 is 24.3 Å². The van der Waals surface area contributed by atoms with Crippen molar-refractivity contribution in [1.82, 2.24) is 5.32 Å². The number of rotatable bonds is 8. The molecule has 0 radical (unpaired) electrons. The Balaban J connectivity index is 1.52. The van der Waals surface area contributed by atoms with E-state index in [1.807, 2.05) is 42.5 Å². The second-order valence-corrected chi connectivity index (χ2v) is 7.34. The van der Waals surface area contributed by atoms with Gasteiger partial charge in [0, 0.05) is 11.6 Å². The number of carbonyl (C=O) groups is 1. The second kappa shape index (κ2) is 9.43. The summed E-state index contributed by atoms with van der Waals surface area (Å²) in [6.07, 6.45) is 1.34. The lowest BCUT2D eigenvalue weighted by Gasteiger charge is -2.20. The molecule has 31 heavy (non-hydrogen) atoms. The molecule has 1 unspecified atom stereocenters. The molecule has 0 bridgehead atoms. The van der Waals surface area contributed by atoms with Crippen LogP contribution in [0.5, 0.6) is 23.0 Å². The molecule has 0 saturated carbocycles. The predicted molar refractivity (Wildman–Crippen MR) is 117 cm³/mol. The molecule has 4 rings (SSSR count). The Kier molecular flexibility index (Phi) is 6.26. The van der Waals surface area contributed by atoms with Gasteiger partial charge < -0.3 is 24.3 Å². The molecule has 1 atom stereocenters.